The van der Waals surface area contributed by atoms with Crippen LogP contribution in [0.4, 0.5) is 4.39 Å². The first-order valence-corrected chi connectivity index (χ1v) is 5.39. The van der Waals surface area contributed by atoms with Gasteiger partial charge in [-0.1, -0.05) is 0 Å². The van der Waals surface area contributed by atoms with Gasteiger partial charge in [0.1, 0.15) is 6.67 Å². The number of carbonyl (C=O) groups is 1. The maximum atomic E-state index is 11.7. The van der Waals surface area contributed by atoms with Gasteiger partial charge in [0.05, 0.1) is 0 Å². The minimum atomic E-state index is -0.363. The molecular formula is C10H19FN2O. The molecule has 82 valence electrons. The number of nitrogens with zero attached hydrogens (tertiary/aromatic N) is 1. The lowest BCUT2D eigenvalue weighted by molar-refractivity contribution is -0.131. The molecule has 1 aliphatic rings. The van der Waals surface area contributed by atoms with Crippen LogP contribution < -0.4 is 5.32 Å². The molecule has 1 aliphatic heterocycles. The maximum absolute atomic E-state index is 11.7. The van der Waals surface area contributed by atoms with Crippen molar-refractivity contribution in [2.45, 2.75) is 25.7 Å². The van der Waals surface area contributed by atoms with Crippen molar-refractivity contribution in [3.8, 4) is 0 Å². The van der Waals surface area contributed by atoms with Crippen LogP contribution in [0, 0.1) is 0 Å². The Hall–Kier alpha value is -0.640. The van der Waals surface area contributed by atoms with E-state index in [9.17, 15) is 9.18 Å². The summed E-state index contributed by atoms with van der Waals surface area (Å²) >= 11 is 0. The van der Waals surface area contributed by atoms with Gasteiger partial charge in [-0.15, -0.1) is 0 Å². The molecule has 0 aromatic rings. The zero-order valence-corrected chi connectivity index (χ0v) is 8.60. The van der Waals surface area contributed by atoms with Crippen LogP contribution in [0.25, 0.3) is 0 Å². The number of amides is 1. The quantitative estimate of drug-likeness (QED) is 0.673. The highest BCUT2D eigenvalue weighted by molar-refractivity contribution is 5.76. The first-order chi connectivity index (χ1) is 6.84. The largest absolute Gasteiger partial charge is 0.343 e. The van der Waals surface area contributed by atoms with Crippen molar-refractivity contribution in [1.29, 1.82) is 0 Å². The lowest BCUT2D eigenvalue weighted by atomic mass is 10.1. The molecule has 0 aromatic heterocycles. The number of rotatable bonds is 5. The molecule has 0 saturated carbocycles. The molecular weight excluding hydrogens is 183 g/mol. The van der Waals surface area contributed by atoms with Gasteiger partial charge in [0, 0.05) is 32.6 Å². The number of hydrogen-bond donors (Lipinski definition) is 1. The Kier molecular flexibility index (Phi) is 5.52. The van der Waals surface area contributed by atoms with Crippen molar-refractivity contribution in [3.63, 3.8) is 0 Å². The predicted molar refractivity (Wildman–Crippen MR) is 53.9 cm³/mol. The molecule has 14 heavy (non-hydrogen) atoms. The Morgan fingerprint density at radius 3 is 2.57 bits per heavy atom. The summed E-state index contributed by atoms with van der Waals surface area (Å²) in [5.74, 6) is 0.205. The SMILES string of the molecule is O=C(CCNCCF)N1CCCCC1. The molecule has 0 atom stereocenters. The third kappa shape index (κ3) is 4.05. The van der Waals surface area contributed by atoms with Gasteiger partial charge >= 0.3 is 0 Å². The second-order valence-electron chi connectivity index (χ2n) is 3.63. The van der Waals surface area contributed by atoms with E-state index in [1.165, 1.54) is 6.42 Å². The lowest BCUT2D eigenvalue weighted by Gasteiger charge is -2.26. The molecule has 1 saturated heterocycles. The molecule has 4 heteroatoms. The highest BCUT2D eigenvalue weighted by Gasteiger charge is 2.15. The Labute approximate surface area is 84.7 Å². The van der Waals surface area contributed by atoms with Gasteiger partial charge < -0.3 is 10.2 Å². The lowest BCUT2D eigenvalue weighted by Crippen LogP contribution is -2.37. The van der Waals surface area contributed by atoms with E-state index in [0.29, 0.717) is 19.5 Å². The number of halogens is 1. The Morgan fingerprint density at radius 2 is 1.93 bits per heavy atom. The van der Waals surface area contributed by atoms with Crippen molar-refractivity contribution < 1.29 is 9.18 Å². The normalized spacial score (nSPS) is 17.1. The molecule has 3 nitrogen and oxygen atoms in total. The van der Waals surface area contributed by atoms with Gasteiger partial charge in [-0.25, -0.2) is 4.39 Å². The number of piperidine rings is 1. The summed E-state index contributed by atoms with van der Waals surface area (Å²) in [6, 6.07) is 0. The monoisotopic (exact) mass is 202 g/mol. The maximum Gasteiger partial charge on any atom is 0.223 e. The van der Waals surface area contributed by atoms with Gasteiger partial charge in [0.25, 0.3) is 0 Å². The third-order valence-corrected chi connectivity index (χ3v) is 2.50. The summed E-state index contributed by atoms with van der Waals surface area (Å²) in [6.07, 6.45) is 4.00. The van der Waals surface area contributed by atoms with Crippen molar-refractivity contribution in [1.82, 2.24) is 10.2 Å². The number of alkyl halides is 1. The van der Waals surface area contributed by atoms with E-state index in [1.807, 2.05) is 4.90 Å². The molecule has 0 spiro atoms. The molecule has 0 aromatic carbocycles. The standard InChI is InChI=1S/C10H19FN2O/c11-5-7-12-6-4-10(14)13-8-2-1-3-9-13/h12H,1-9H2. The van der Waals surface area contributed by atoms with E-state index in [1.54, 1.807) is 0 Å². The number of nitrogens with one attached hydrogen (secondary N) is 1. The summed E-state index contributed by atoms with van der Waals surface area (Å²) in [5, 5.41) is 2.88. The van der Waals surface area contributed by atoms with Crippen molar-refractivity contribution in [2.24, 2.45) is 0 Å². The second-order valence-corrected chi connectivity index (χ2v) is 3.63. The van der Waals surface area contributed by atoms with E-state index in [4.69, 9.17) is 0 Å². The summed E-state index contributed by atoms with van der Waals surface area (Å²) < 4.78 is 11.7. The first kappa shape index (κ1) is 11.4. The van der Waals surface area contributed by atoms with E-state index >= 15 is 0 Å². The van der Waals surface area contributed by atoms with Gasteiger partial charge in [-0.2, -0.15) is 0 Å². The van der Waals surface area contributed by atoms with Gasteiger partial charge in [-0.05, 0) is 19.3 Å². The number of carbonyl (C=O) groups excluding carboxylic acids is 1. The Morgan fingerprint density at radius 1 is 1.21 bits per heavy atom. The highest BCUT2D eigenvalue weighted by Crippen LogP contribution is 2.09. The average Bonchev–Trinajstić information content (AvgIpc) is 2.25. The first-order valence-electron chi connectivity index (χ1n) is 5.39. The molecule has 1 heterocycles. The minimum Gasteiger partial charge on any atom is -0.343 e. The van der Waals surface area contributed by atoms with Crippen LogP contribution in [-0.4, -0.2) is 43.7 Å². The zero-order chi connectivity index (χ0) is 10.2. The molecule has 1 amide bonds. The van der Waals surface area contributed by atoms with Gasteiger partial charge in [-0.3, -0.25) is 4.79 Å². The van der Waals surface area contributed by atoms with Crippen LogP contribution in [0.3, 0.4) is 0 Å². The highest BCUT2D eigenvalue weighted by atomic mass is 19.1. The molecule has 1 N–H and O–H groups in total. The predicted octanol–water partition coefficient (Wildman–Crippen LogP) is 0.948. The van der Waals surface area contributed by atoms with Crippen LogP contribution in [-0.2, 0) is 4.79 Å². The summed E-state index contributed by atoms with van der Waals surface area (Å²) in [5.41, 5.74) is 0. The minimum absolute atomic E-state index is 0.205. The summed E-state index contributed by atoms with van der Waals surface area (Å²) in [7, 11) is 0. The van der Waals surface area contributed by atoms with E-state index < -0.39 is 0 Å². The molecule has 0 radical (unpaired) electrons. The number of likely N-dealkylation sites (tertiary alicyclic amines) is 1. The summed E-state index contributed by atoms with van der Waals surface area (Å²) in [4.78, 5) is 13.5. The van der Waals surface area contributed by atoms with Crippen LogP contribution >= 0.6 is 0 Å². The third-order valence-electron chi connectivity index (χ3n) is 2.50. The van der Waals surface area contributed by atoms with Crippen LogP contribution in [0.2, 0.25) is 0 Å². The van der Waals surface area contributed by atoms with Gasteiger partial charge in [0.15, 0.2) is 0 Å². The van der Waals surface area contributed by atoms with Crippen molar-refractivity contribution >= 4 is 5.91 Å². The molecule has 0 aliphatic carbocycles. The van der Waals surface area contributed by atoms with E-state index in [2.05, 4.69) is 5.32 Å². The van der Waals surface area contributed by atoms with Crippen molar-refractivity contribution in [3.05, 3.63) is 0 Å². The Balaban J connectivity index is 2.07. The fourth-order valence-electron chi connectivity index (χ4n) is 1.69. The van der Waals surface area contributed by atoms with Crippen LogP contribution in [0.1, 0.15) is 25.7 Å². The second kappa shape index (κ2) is 6.76. The summed E-state index contributed by atoms with van der Waals surface area (Å²) in [6.45, 7) is 2.40. The topological polar surface area (TPSA) is 32.3 Å². The molecule has 1 fully saturated rings. The fourth-order valence-corrected chi connectivity index (χ4v) is 1.69. The Bertz CT molecular complexity index is 170. The van der Waals surface area contributed by atoms with Gasteiger partial charge in [0.2, 0.25) is 5.91 Å². The smallest absolute Gasteiger partial charge is 0.223 e. The average molecular weight is 202 g/mol. The van der Waals surface area contributed by atoms with E-state index in [-0.39, 0.29) is 12.6 Å². The van der Waals surface area contributed by atoms with Crippen molar-refractivity contribution in [2.75, 3.05) is 32.9 Å². The molecule has 0 bridgehead atoms. The molecule has 0 unspecified atom stereocenters. The molecule has 1 rings (SSSR count). The van der Waals surface area contributed by atoms with Crippen LogP contribution in [0.15, 0.2) is 0 Å². The van der Waals surface area contributed by atoms with E-state index in [0.717, 1.165) is 25.9 Å². The fraction of sp³-hybridized carbons (Fsp3) is 0.900. The number of hydrogen-bond acceptors (Lipinski definition) is 2. The zero-order valence-electron chi connectivity index (χ0n) is 8.60. The van der Waals surface area contributed by atoms with Crippen LogP contribution in [0.5, 0.6) is 0 Å².